The first-order chi connectivity index (χ1) is 11.1. The highest BCUT2D eigenvalue weighted by molar-refractivity contribution is 5.80. The Morgan fingerprint density at radius 3 is 2.57 bits per heavy atom. The largest absolute Gasteiger partial charge is 0.246 e. The number of aryl methyl sites for hydroxylation is 1. The SMILES string of the molecule is C=CCC/C(=C/C1=C(CF)c2c(cc(CC)c(F)c2F)C1)CF. The summed E-state index contributed by atoms with van der Waals surface area (Å²) in [5.41, 5.74) is 2.03. The van der Waals surface area contributed by atoms with Gasteiger partial charge >= 0.3 is 0 Å². The van der Waals surface area contributed by atoms with Gasteiger partial charge in [-0.15, -0.1) is 6.58 Å². The van der Waals surface area contributed by atoms with Crippen LogP contribution in [0.1, 0.15) is 36.5 Å². The molecule has 1 aliphatic carbocycles. The van der Waals surface area contributed by atoms with E-state index in [1.54, 1.807) is 25.1 Å². The van der Waals surface area contributed by atoms with Crippen molar-refractivity contribution in [2.45, 2.75) is 32.6 Å². The van der Waals surface area contributed by atoms with Crippen molar-refractivity contribution < 1.29 is 17.6 Å². The van der Waals surface area contributed by atoms with E-state index in [-0.39, 0.29) is 16.7 Å². The van der Waals surface area contributed by atoms with Gasteiger partial charge in [-0.1, -0.05) is 25.1 Å². The Morgan fingerprint density at radius 2 is 2.00 bits per heavy atom. The lowest BCUT2D eigenvalue weighted by molar-refractivity contribution is 0.494. The molecule has 124 valence electrons. The van der Waals surface area contributed by atoms with E-state index in [9.17, 15) is 17.6 Å². The number of rotatable bonds is 7. The van der Waals surface area contributed by atoms with Crippen molar-refractivity contribution in [2.24, 2.45) is 0 Å². The molecule has 0 N–H and O–H groups in total. The summed E-state index contributed by atoms with van der Waals surface area (Å²) in [5.74, 6) is -1.91. The predicted octanol–water partition coefficient (Wildman–Crippen LogP) is 5.67. The molecule has 0 atom stereocenters. The lowest BCUT2D eigenvalue weighted by atomic mass is 10.0. The van der Waals surface area contributed by atoms with Gasteiger partial charge in [0, 0.05) is 5.56 Å². The maximum Gasteiger partial charge on any atom is 0.166 e. The summed E-state index contributed by atoms with van der Waals surface area (Å²) < 4.78 is 54.8. The Kier molecular flexibility index (Phi) is 5.80. The molecule has 0 unspecified atom stereocenters. The van der Waals surface area contributed by atoms with Crippen LogP contribution in [0.5, 0.6) is 0 Å². The Hall–Kier alpha value is -1.84. The maximum absolute atomic E-state index is 14.3. The molecule has 0 fully saturated rings. The first-order valence-corrected chi connectivity index (χ1v) is 7.71. The molecular formula is C19H20F4. The van der Waals surface area contributed by atoms with Crippen molar-refractivity contribution in [2.75, 3.05) is 13.3 Å². The van der Waals surface area contributed by atoms with Crippen LogP contribution in [0.25, 0.3) is 5.57 Å². The van der Waals surface area contributed by atoms with Crippen LogP contribution in [0.15, 0.2) is 35.9 Å². The number of alkyl halides is 2. The third-order valence-corrected chi connectivity index (χ3v) is 4.17. The van der Waals surface area contributed by atoms with Crippen molar-refractivity contribution in [3.05, 3.63) is 64.3 Å². The van der Waals surface area contributed by atoms with E-state index >= 15 is 0 Å². The minimum absolute atomic E-state index is 0.00961. The third kappa shape index (κ3) is 3.41. The summed E-state index contributed by atoms with van der Waals surface area (Å²) in [6.07, 6.45) is 5.03. The van der Waals surface area contributed by atoms with Gasteiger partial charge in [-0.2, -0.15) is 0 Å². The standard InChI is InChI=1S/C19H20F4/c1-3-5-6-12(10-20)7-14-9-15-8-13(4-2)18(22)19(23)17(15)16(14)11-21/h3,7-8H,1,4-6,9-11H2,2H3/b12-7-. The molecule has 0 amide bonds. The number of hydrogen-bond donors (Lipinski definition) is 0. The summed E-state index contributed by atoms with van der Waals surface area (Å²) in [5, 5.41) is 0. The second-order valence-electron chi connectivity index (χ2n) is 5.63. The Labute approximate surface area is 134 Å². The smallest absolute Gasteiger partial charge is 0.166 e. The van der Waals surface area contributed by atoms with Crippen LogP contribution in [0.2, 0.25) is 0 Å². The van der Waals surface area contributed by atoms with Crippen molar-refractivity contribution in [1.29, 1.82) is 0 Å². The molecule has 1 aromatic rings. The second kappa shape index (κ2) is 7.62. The molecule has 1 aliphatic rings. The average Bonchev–Trinajstić information content (AvgIpc) is 2.91. The van der Waals surface area contributed by atoms with Gasteiger partial charge in [0.15, 0.2) is 11.6 Å². The summed E-state index contributed by atoms with van der Waals surface area (Å²) in [6.45, 7) is 3.78. The zero-order chi connectivity index (χ0) is 17.0. The molecule has 0 nitrogen and oxygen atoms in total. The molecule has 0 aromatic heterocycles. The van der Waals surface area contributed by atoms with Crippen LogP contribution in [0.3, 0.4) is 0 Å². The second-order valence-corrected chi connectivity index (χ2v) is 5.63. The van der Waals surface area contributed by atoms with Gasteiger partial charge in [0.2, 0.25) is 0 Å². The minimum atomic E-state index is -0.997. The molecule has 0 aliphatic heterocycles. The van der Waals surface area contributed by atoms with Crippen LogP contribution in [-0.4, -0.2) is 13.3 Å². The van der Waals surface area contributed by atoms with Crippen LogP contribution in [0, 0.1) is 11.6 Å². The van der Waals surface area contributed by atoms with Gasteiger partial charge in [0.25, 0.3) is 0 Å². The van der Waals surface area contributed by atoms with Crippen LogP contribution < -0.4 is 0 Å². The first-order valence-electron chi connectivity index (χ1n) is 7.71. The Balaban J connectivity index is 2.48. The van der Waals surface area contributed by atoms with E-state index in [2.05, 4.69) is 6.58 Å². The molecule has 0 saturated heterocycles. The molecule has 0 radical (unpaired) electrons. The number of allylic oxidation sites excluding steroid dienone is 5. The molecule has 23 heavy (non-hydrogen) atoms. The zero-order valence-electron chi connectivity index (χ0n) is 13.2. The van der Waals surface area contributed by atoms with Gasteiger partial charge in [-0.25, -0.2) is 17.6 Å². The number of halogens is 4. The molecule has 0 saturated carbocycles. The summed E-state index contributed by atoms with van der Waals surface area (Å²) in [4.78, 5) is 0. The van der Waals surface area contributed by atoms with Gasteiger partial charge in [-0.3, -0.25) is 0 Å². The highest BCUT2D eigenvalue weighted by atomic mass is 19.2. The fourth-order valence-electron chi connectivity index (χ4n) is 2.94. The quantitative estimate of drug-likeness (QED) is 0.448. The zero-order valence-corrected chi connectivity index (χ0v) is 13.2. The predicted molar refractivity (Wildman–Crippen MR) is 85.8 cm³/mol. The van der Waals surface area contributed by atoms with Crippen molar-refractivity contribution in [3.63, 3.8) is 0 Å². The lowest BCUT2D eigenvalue weighted by Crippen LogP contribution is -2.01. The summed E-state index contributed by atoms with van der Waals surface area (Å²) >= 11 is 0. The molecule has 0 spiro atoms. The number of fused-ring (bicyclic) bond motifs is 1. The van der Waals surface area contributed by atoms with Gasteiger partial charge in [-0.05, 0) is 53.5 Å². The van der Waals surface area contributed by atoms with Crippen LogP contribution >= 0.6 is 0 Å². The molecule has 1 aromatic carbocycles. The average molecular weight is 324 g/mol. The van der Waals surface area contributed by atoms with Crippen LogP contribution in [0.4, 0.5) is 17.6 Å². The molecule has 0 bridgehead atoms. The normalized spacial score (nSPS) is 14.4. The first kappa shape index (κ1) is 17.5. The molecule has 2 rings (SSSR count). The van der Waals surface area contributed by atoms with Crippen molar-refractivity contribution in [1.82, 2.24) is 0 Å². The van der Waals surface area contributed by atoms with E-state index in [0.29, 0.717) is 42.4 Å². The van der Waals surface area contributed by atoms with E-state index in [1.807, 2.05) is 0 Å². The summed E-state index contributed by atoms with van der Waals surface area (Å²) in [7, 11) is 0. The molecular weight excluding hydrogens is 304 g/mol. The van der Waals surface area contributed by atoms with E-state index in [1.165, 1.54) is 0 Å². The third-order valence-electron chi connectivity index (χ3n) is 4.17. The maximum atomic E-state index is 14.3. The Bertz CT molecular complexity index is 668. The number of hydrogen-bond acceptors (Lipinski definition) is 0. The summed E-state index contributed by atoms with van der Waals surface area (Å²) in [6, 6.07) is 1.59. The van der Waals surface area contributed by atoms with Gasteiger partial charge in [0.05, 0.1) is 0 Å². The Morgan fingerprint density at radius 1 is 1.26 bits per heavy atom. The van der Waals surface area contributed by atoms with Crippen molar-refractivity contribution in [3.8, 4) is 0 Å². The lowest BCUT2D eigenvalue weighted by Gasteiger charge is -2.09. The molecule has 0 heterocycles. The van der Waals surface area contributed by atoms with Crippen LogP contribution in [-0.2, 0) is 12.8 Å². The van der Waals surface area contributed by atoms with Crippen molar-refractivity contribution >= 4 is 5.57 Å². The van der Waals surface area contributed by atoms with Gasteiger partial charge < -0.3 is 0 Å². The molecule has 4 heteroatoms. The van der Waals surface area contributed by atoms with E-state index in [4.69, 9.17) is 0 Å². The fraction of sp³-hybridized carbons (Fsp3) is 0.368. The fourth-order valence-corrected chi connectivity index (χ4v) is 2.94. The van der Waals surface area contributed by atoms with E-state index in [0.717, 1.165) is 0 Å². The monoisotopic (exact) mass is 324 g/mol. The number of benzene rings is 1. The highest BCUT2D eigenvalue weighted by Gasteiger charge is 2.27. The van der Waals surface area contributed by atoms with E-state index < -0.39 is 25.0 Å². The highest BCUT2D eigenvalue weighted by Crippen LogP contribution is 2.38. The topological polar surface area (TPSA) is 0 Å². The van der Waals surface area contributed by atoms with Gasteiger partial charge in [0.1, 0.15) is 13.3 Å². The minimum Gasteiger partial charge on any atom is -0.246 e.